The van der Waals surface area contributed by atoms with E-state index in [0.29, 0.717) is 18.5 Å². The monoisotopic (exact) mass is 375 g/mol. The third-order valence-electron chi connectivity index (χ3n) is 4.08. The molecular formula is C19H21NO5S. The van der Waals surface area contributed by atoms with Gasteiger partial charge in [0, 0.05) is 6.54 Å². The van der Waals surface area contributed by atoms with Crippen molar-refractivity contribution in [2.45, 2.75) is 24.9 Å². The molecule has 1 saturated heterocycles. The van der Waals surface area contributed by atoms with Crippen molar-refractivity contribution in [3.63, 3.8) is 0 Å². The Hall–Kier alpha value is -2.38. The van der Waals surface area contributed by atoms with Gasteiger partial charge in [0.15, 0.2) is 0 Å². The van der Waals surface area contributed by atoms with E-state index in [1.807, 2.05) is 36.4 Å². The summed E-state index contributed by atoms with van der Waals surface area (Å²) in [5.41, 5.74) is 1.57. The Morgan fingerprint density at radius 2 is 1.62 bits per heavy atom. The Kier molecular flexibility index (Phi) is 5.90. The Bertz CT molecular complexity index is 824. The molecule has 3 rings (SSSR count). The highest BCUT2D eigenvalue weighted by Crippen LogP contribution is 2.18. The number of hydrogen-bond acceptors (Lipinski definition) is 5. The molecule has 138 valence electrons. The summed E-state index contributed by atoms with van der Waals surface area (Å²) in [4.78, 5) is 13.6. The first-order chi connectivity index (χ1) is 12.5. The summed E-state index contributed by atoms with van der Waals surface area (Å²) in [6.45, 7) is 0.814. The molecular weight excluding hydrogens is 354 g/mol. The zero-order valence-corrected chi connectivity index (χ0v) is 15.1. The van der Waals surface area contributed by atoms with Gasteiger partial charge in [-0.05, 0) is 17.5 Å². The molecule has 2 aromatic carbocycles. The van der Waals surface area contributed by atoms with Gasteiger partial charge in [-0.15, -0.1) is 0 Å². The fraction of sp³-hybridized carbons (Fsp3) is 0.316. The van der Waals surface area contributed by atoms with E-state index in [1.165, 1.54) is 4.90 Å². The number of likely N-dealkylation sites (tertiary alicyclic amines) is 1. The van der Waals surface area contributed by atoms with Crippen molar-refractivity contribution in [1.29, 1.82) is 0 Å². The summed E-state index contributed by atoms with van der Waals surface area (Å²) >= 11 is 0. The molecule has 1 amide bonds. The van der Waals surface area contributed by atoms with Gasteiger partial charge >= 0.3 is 6.09 Å². The lowest BCUT2D eigenvalue weighted by atomic mass is 10.2. The summed E-state index contributed by atoms with van der Waals surface area (Å²) in [6.07, 6.45) is -0.526. The first-order valence-corrected chi connectivity index (χ1v) is 10.00. The van der Waals surface area contributed by atoms with E-state index in [2.05, 4.69) is 0 Å². The van der Waals surface area contributed by atoms with Gasteiger partial charge in [-0.3, -0.25) is 4.18 Å². The second kappa shape index (κ2) is 8.33. The van der Waals surface area contributed by atoms with Gasteiger partial charge in [0.1, 0.15) is 12.4 Å². The highest BCUT2D eigenvalue weighted by molar-refractivity contribution is 7.85. The van der Waals surface area contributed by atoms with Crippen LogP contribution in [0.3, 0.4) is 0 Å². The topological polar surface area (TPSA) is 72.9 Å². The highest BCUT2D eigenvalue weighted by Gasteiger charge is 2.31. The van der Waals surface area contributed by atoms with Crippen molar-refractivity contribution < 1.29 is 22.1 Å². The van der Waals surface area contributed by atoms with Crippen molar-refractivity contribution in [1.82, 2.24) is 4.90 Å². The number of nitrogens with zero attached hydrogens (tertiary/aromatic N) is 1. The number of carbonyl (C=O) groups excluding carboxylic acids is 1. The summed E-state index contributed by atoms with van der Waals surface area (Å²) in [5.74, 6) is -0.178. The van der Waals surface area contributed by atoms with Crippen molar-refractivity contribution in [2.75, 3.05) is 13.1 Å². The number of rotatable bonds is 6. The molecule has 0 aromatic heterocycles. The molecule has 0 saturated carbocycles. The minimum absolute atomic E-state index is 0.178. The maximum absolute atomic E-state index is 12.2. The number of hydrogen-bond donors (Lipinski definition) is 0. The van der Waals surface area contributed by atoms with Gasteiger partial charge in [0.25, 0.3) is 10.1 Å². The third-order valence-corrected chi connectivity index (χ3v) is 5.33. The Morgan fingerprint density at radius 1 is 1.00 bits per heavy atom. The number of carbonyl (C=O) groups is 1. The van der Waals surface area contributed by atoms with E-state index >= 15 is 0 Å². The molecule has 1 atom stereocenters. The number of ether oxygens (including phenoxy) is 1. The molecule has 1 aliphatic heterocycles. The Labute approximate surface area is 153 Å². The van der Waals surface area contributed by atoms with E-state index in [0.717, 1.165) is 5.56 Å². The standard InChI is InChI=1S/C19H21NO5S/c21-19(24-14-16-7-3-1-4-8-16)20-12-11-18(13-20)25-26(22,23)15-17-9-5-2-6-10-17/h1-10,18H,11-15H2/t18-/m0/s1. The maximum atomic E-state index is 12.2. The van der Waals surface area contributed by atoms with Gasteiger partial charge in [0.2, 0.25) is 0 Å². The average molecular weight is 375 g/mol. The van der Waals surface area contributed by atoms with Crippen LogP contribution >= 0.6 is 0 Å². The molecule has 6 nitrogen and oxygen atoms in total. The first kappa shape index (κ1) is 18.4. The molecule has 0 spiro atoms. The van der Waals surface area contributed by atoms with Gasteiger partial charge < -0.3 is 9.64 Å². The fourth-order valence-corrected chi connectivity index (χ4v) is 4.04. The van der Waals surface area contributed by atoms with Crippen molar-refractivity contribution >= 4 is 16.2 Å². The molecule has 0 unspecified atom stereocenters. The van der Waals surface area contributed by atoms with E-state index in [-0.39, 0.29) is 18.9 Å². The zero-order chi connectivity index (χ0) is 18.4. The van der Waals surface area contributed by atoms with Crippen LogP contribution in [0, 0.1) is 0 Å². The smallest absolute Gasteiger partial charge is 0.410 e. The van der Waals surface area contributed by atoms with Crippen LogP contribution in [-0.2, 0) is 31.4 Å². The van der Waals surface area contributed by atoms with Crippen LogP contribution in [0.25, 0.3) is 0 Å². The second-order valence-electron chi connectivity index (χ2n) is 6.18. The molecule has 0 N–H and O–H groups in total. The van der Waals surface area contributed by atoms with E-state index in [4.69, 9.17) is 8.92 Å². The predicted octanol–water partition coefficient (Wildman–Crippen LogP) is 2.94. The van der Waals surface area contributed by atoms with Crippen LogP contribution < -0.4 is 0 Å². The van der Waals surface area contributed by atoms with Crippen molar-refractivity contribution in [2.24, 2.45) is 0 Å². The summed E-state index contributed by atoms with van der Waals surface area (Å²) in [7, 11) is -3.70. The van der Waals surface area contributed by atoms with Gasteiger partial charge in [-0.25, -0.2) is 4.79 Å². The SMILES string of the molecule is O=C(OCc1ccccc1)N1CC[C@H](OS(=O)(=O)Cc2ccccc2)C1. The number of amides is 1. The molecule has 0 bridgehead atoms. The van der Waals surface area contributed by atoms with Crippen molar-refractivity contribution in [3.8, 4) is 0 Å². The first-order valence-electron chi connectivity index (χ1n) is 8.42. The normalized spacial score (nSPS) is 17.2. The molecule has 1 fully saturated rings. The third kappa shape index (κ3) is 5.31. The van der Waals surface area contributed by atoms with E-state index < -0.39 is 22.3 Å². The molecule has 0 aliphatic carbocycles. The highest BCUT2D eigenvalue weighted by atomic mass is 32.2. The Balaban J connectivity index is 1.48. The summed E-state index contributed by atoms with van der Waals surface area (Å²) in [6, 6.07) is 18.3. The Morgan fingerprint density at radius 3 is 2.27 bits per heavy atom. The van der Waals surface area contributed by atoms with Crippen molar-refractivity contribution in [3.05, 3.63) is 71.8 Å². The lowest BCUT2D eigenvalue weighted by Crippen LogP contribution is -2.31. The molecule has 0 radical (unpaired) electrons. The average Bonchev–Trinajstić information content (AvgIpc) is 3.08. The summed E-state index contributed by atoms with van der Waals surface area (Å²) < 4.78 is 34.9. The second-order valence-corrected chi connectivity index (χ2v) is 7.78. The molecule has 2 aromatic rings. The predicted molar refractivity (Wildman–Crippen MR) is 96.8 cm³/mol. The quantitative estimate of drug-likeness (QED) is 0.726. The lowest BCUT2D eigenvalue weighted by Gasteiger charge is -2.16. The molecule has 26 heavy (non-hydrogen) atoms. The van der Waals surface area contributed by atoms with Gasteiger partial charge in [0.05, 0.1) is 12.6 Å². The van der Waals surface area contributed by atoms with Crippen LogP contribution in [0.1, 0.15) is 17.5 Å². The van der Waals surface area contributed by atoms with Gasteiger partial charge in [-0.2, -0.15) is 8.42 Å². The van der Waals surface area contributed by atoms with E-state index in [1.54, 1.807) is 24.3 Å². The van der Waals surface area contributed by atoms with Crippen LogP contribution in [0.2, 0.25) is 0 Å². The largest absolute Gasteiger partial charge is 0.445 e. The molecule has 7 heteroatoms. The zero-order valence-electron chi connectivity index (χ0n) is 14.3. The minimum atomic E-state index is -3.70. The molecule has 1 aliphatic rings. The number of benzene rings is 2. The molecule has 1 heterocycles. The lowest BCUT2D eigenvalue weighted by molar-refractivity contribution is 0.0994. The minimum Gasteiger partial charge on any atom is -0.445 e. The van der Waals surface area contributed by atoms with Crippen LogP contribution in [0.15, 0.2) is 60.7 Å². The van der Waals surface area contributed by atoms with E-state index in [9.17, 15) is 13.2 Å². The van der Waals surface area contributed by atoms with Crippen LogP contribution in [0.5, 0.6) is 0 Å². The van der Waals surface area contributed by atoms with Gasteiger partial charge in [-0.1, -0.05) is 60.7 Å². The maximum Gasteiger partial charge on any atom is 0.410 e. The van der Waals surface area contributed by atoms with Crippen LogP contribution in [0.4, 0.5) is 4.79 Å². The van der Waals surface area contributed by atoms with Crippen LogP contribution in [-0.4, -0.2) is 38.6 Å². The summed E-state index contributed by atoms with van der Waals surface area (Å²) in [5, 5.41) is 0. The fourth-order valence-electron chi connectivity index (χ4n) is 2.80.